The van der Waals surface area contributed by atoms with E-state index in [0.29, 0.717) is 66.3 Å². The van der Waals surface area contributed by atoms with Gasteiger partial charge in [-0.25, -0.2) is 4.58 Å². The normalized spacial score (nSPS) is 18.5. The Morgan fingerprint density at radius 1 is 0.877 bits per heavy atom. The molecule has 1 fully saturated rings. The maximum absolute atomic E-state index is 14.0. The number of fused-ring (bicyclic) bond motifs is 4. The zero-order valence-electron chi connectivity index (χ0n) is 34.7. The van der Waals surface area contributed by atoms with E-state index in [1.54, 1.807) is 14.2 Å². The van der Waals surface area contributed by atoms with Crippen LogP contribution in [0.25, 0.3) is 27.6 Å². The van der Waals surface area contributed by atoms with E-state index < -0.39 is 0 Å². The van der Waals surface area contributed by atoms with Crippen molar-refractivity contribution in [2.45, 2.75) is 59.8 Å². The van der Waals surface area contributed by atoms with Gasteiger partial charge in [-0.2, -0.15) is 0 Å². The summed E-state index contributed by atoms with van der Waals surface area (Å²) in [4.78, 5) is 32.3. The summed E-state index contributed by atoms with van der Waals surface area (Å²) in [6.45, 7) is 17.3. The fraction of sp³-hybridized carbons (Fsp3) is 0.367. The van der Waals surface area contributed by atoms with E-state index in [2.05, 4.69) is 146 Å². The second kappa shape index (κ2) is 14.7. The van der Waals surface area contributed by atoms with Crippen LogP contribution in [0.5, 0.6) is 5.75 Å². The molecule has 1 N–H and O–H groups in total. The second-order valence-corrected chi connectivity index (χ2v) is 16.9. The van der Waals surface area contributed by atoms with Gasteiger partial charge in [0, 0.05) is 35.6 Å². The Hall–Kier alpha value is -5.63. The van der Waals surface area contributed by atoms with Gasteiger partial charge >= 0.3 is 0 Å². The lowest BCUT2D eigenvalue weighted by molar-refractivity contribution is -0.116. The summed E-state index contributed by atoms with van der Waals surface area (Å²) in [5.74, 6) is 1.31. The number of benzene rings is 4. The van der Waals surface area contributed by atoms with E-state index in [-0.39, 0.29) is 22.0 Å². The highest BCUT2D eigenvalue weighted by Gasteiger charge is 2.42. The molecule has 0 spiro atoms. The SMILES string of the molecule is CCNc1ccc2ccccc2c1C(C)(C)C/C=C1\C(=O)C(N2CC[N+](=c3c(OC)c(/C=C4/N(CC)c5ccc6ccccc6c5CC4(C)C)c3=O)CC2)=C1OC. The van der Waals surface area contributed by atoms with Crippen molar-refractivity contribution < 1.29 is 14.3 Å². The zero-order valence-corrected chi connectivity index (χ0v) is 34.7. The molecule has 294 valence electrons. The van der Waals surface area contributed by atoms with Crippen LogP contribution in [0.3, 0.4) is 0 Å². The summed E-state index contributed by atoms with van der Waals surface area (Å²) >= 11 is 0. The number of anilines is 2. The van der Waals surface area contributed by atoms with Crippen molar-refractivity contribution in [2.24, 2.45) is 5.41 Å². The van der Waals surface area contributed by atoms with Crippen LogP contribution in [-0.2, 0) is 21.4 Å². The molecular weight excluding hydrogens is 709 g/mol. The standard InChI is InChI=1S/C49H55N4O4/c1-9-50-38-21-19-32-16-12-14-18-34(32)41(38)48(3,4)24-23-35-44(54)42(46(35)56-7)51-25-27-52(28-26-51)43-45(55)36(47(43)57-8)29-40-49(5,6)30-37-33-17-13-11-15-31(33)20-22-39(37)53(40)10-2/h11-23,29,50H,9-10,24-28,30H2,1-8H3/q+1/b35-23+. The number of rotatable bonds is 10. The monoisotopic (exact) mass is 763 g/mol. The number of hydrogen-bond acceptors (Lipinski definition) is 7. The van der Waals surface area contributed by atoms with Crippen LogP contribution < -0.4 is 30.3 Å². The molecule has 2 heterocycles. The minimum atomic E-state index is -0.249. The van der Waals surface area contributed by atoms with Crippen molar-refractivity contribution in [3.63, 3.8) is 0 Å². The Morgan fingerprint density at radius 2 is 1.54 bits per heavy atom. The molecule has 57 heavy (non-hydrogen) atoms. The van der Waals surface area contributed by atoms with E-state index in [9.17, 15) is 9.59 Å². The molecule has 1 saturated heterocycles. The van der Waals surface area contributed by atoms with Crippen molar-refractivity contribution in [1.82, 2.24) is 9.48 Å². The first-order chi connectivity index (χ1) is 27.4. The number of ketones is 1. The van der Waals surface area contributed by atoms with E-state index in [1.807, 2.05) is 0 Å². The van der Waals surface area contributed by atoms with Gasteiger partial charge in [-0.3, -0.25) is 9.59 Å². The molecule has 0 amide bonds. The minimum absolute atomic E-state index is 0.0109. The summed E-state index contributed by atoms with van der Waals surface area (Å²) in [5, 5.41) is 9.15. The van der Waals surface area contributed by atoms with Gasteiger partial charge in [-0.05, 0) is 83.0 Å². The van der Waals surface area contributed by atoms with Gasteiger partial charge in [0.25, 0.3) is 10.8 Å². The smallest absolute Gasteiger partial charge is 0.291 e. The molecule has 0 unspecified atom stereocenters. The van der Waals surface area contributed by atoms with Crippen LogP contribution in [0, 0.1) is 5.41 Å². The molecule has 2 aliphatic heterocycles. The quantitative estimate of drug-likeness (QED) is 0.114. The molecule has 0 radical (unpaired) electrons. The second-order valence-electron chi connectivity index (χ2n) is 16.9. The molecule has 0 atom stereocenters. The number of ether oxygens (including phenoxy) is 2. The van der Waals surface area contributed by atoms with Gasteiger partial charge < -0.3 is 24.6 Å². The number of Topliss-reactive ketones (excluding diaryl/α,β-unsaturated/α-hetero) is 1. The van der Waals surface area contributed by atoms with Gasteiger partial charge in [-0.15, -0.1) is 0 Å². The number of allylic oxidation sites excluding steroid dienone is 4. The third-order valence-corrected chi connectivity index (χ3v) is 12.5. The lowest BCUT2D eigenvalue weighted by atomic mass is 9.75. The molecule has 3 aliphatic rings. The molecule has 1 aliphatic carbocycles. The average molecular weight is 764 g/mol. The first kappa shape index (κ1) is 38.3. The van der Waals surface area contributed by atoms with Crippen LogP contribution in [0.4, 0.5) is 11.4 Å². The van der Waals surface area contributed by atoms with Gasteiger partial charge in [0.1, 0.15) is 5.70 Å². The average Bonchev–Trinajstić information content (AvgIpc) is 3.20. The number of methoxy groups -OCH3 is 2. The summed E-state index contributed by atoms with van der Waals surface area (Å²) in [6, 6.07) is 25.8. The van der Waals surface area contributed by atoms with E-state index in [0.717, 1.165) is 30.9 Å². The number of nitrogens with zero attached hydrogens (tertiary/aromatic N) is 3. The van der Waals surface area contributed by atoms with Crippen molar-refractivity contribution in [2.75, 3.05) is 63.7 Å². The molecule has 8 heteroatoms. The highest BCUT2D eigenvalue weighted by atomic mass is 16.5. The van der Waals surface area contributed by atoms with Crippen molar-refractivity contribution in [1.29, 1.82) is 0 Å². The molecule has 5 aromatic carbocycles. The Labute approximate surface area is 336 Å². The Balaban J connectivity index is 1.04. The fourth-order valence-corrected chi connectivity index (χ4v) is 9.59. The lowest BCUT2D eigenvalue weighted by Gasteiger charge is -2.43. The highest BCUT2D eigenvalue weighted by Crippen LogP contribution is 2.47. The molecule has 0 saturated carbocycles. The number of carbonyl (C=O) groups is 1. The molecule has 8 rings (SSSR count). The minimum Gasteiger partial charge on any atom is -0.494 e. The van der Waals surface area contributed by atoms with E-state index in [4.69, 9.17) is 9.47 Å². The van der Waals surface area contributed by atoms with Crippen molar-refractivity contribution in [3.8, 4) is 5.75 Å². The van der Waals surface area contributed by atoms with Crippen LogP contribution in [0.2, 0.25) is 0 Å². The summed E-state index contributed by atoms with van der Waals surface area (Å²) < 4.78 is 14.0. The Kier molecular flexibility index (Phi) is 9.87. The third kappa shape index (κ3) is 6.34. The van der Waals surface area contributed by atoms with Gasteiger partial charge in [0.2, 0.25) is 11.5 Å². The summed E-state index contributed by atoms with van der Waals surface area (Å²) in [5.41, 5.74) is 7.51. The lowest BCUT2D eigenvalue weighted by Crippen LogP contribution is -2.55. The number of nitrogens with one attached hydrogen (secondary N) is 1. The largest absolute Gasteiger partial charge is 0.494 e. The first-order valence-electron chi connectivity index (χ1n) is 20.4. The maximum Gasteiger partial charge on any atom is 0.291 e. The van der Waals surface area contributed by atoms with Gasteiger partial charge in [0.15, 0.2) is 18.8 Å². The number of carbonyl (C=O) groups excluding carboxylic acids is 1. The van der Waals surface area contributed by atoms with Crippen molar-refractivity contribution >= 4 is 44.8 Å². The van der Waals surface area contributed by atoms with Crippen molar-refractivity contribution in [3.05, 3.63) is 134 Å². The van der Waals surface area contributed by atoms with E-state index >= 15 is 0 Å². The Morgan fingerprint density at radius 3 is 2.21 bits per heavy atom. The third-order valence-electron chi connectivity index (χ3n) is 12.5. The summed E-state index contributed by atoms with van der Waals surface area (Å²) in [7, 11) is 3.30. The van der Waals surface area contributed by atoms with Crippen LogP contribution >= 0.6 is 0 Å². The maximum atomic E-state index is 14.0. The molecule has 0 bridgehead atoms. The van der Waals surface area contributed by atoms with Crippen LogP contribution in [0.15, 0.2) is 106 Å². The predicted molar refractivity (Wildman–Crippen MR) is 234 cm³/mol. The first-order valence-corrected chi connectivity index (χ1v) is 20.4. The molecular formula is C49H55N4O4+. The molecule has 0 aromatic heterocycles. The molecule has 8 nitrogen and oxygen atoms in total. The predicted octanol–water partition coefficient (Wildman–Crippen LogP) is 7.94. The topological polar surface area (TPSA) is 74.1 Å². The Bertz CT molecular complexity index is 2610. The van der Waals surface area contributed by atoms with E-state index in [1.165, 1.54) is 38.4 Å². The number of piperazine rings is 1. The fourth-order valence-electron chi connectivity index (χ4n) is 9.59. The summed E-state index contributed by atoms with van der Waals surface area (Å²) in [6.07, 6.45) is 5.68. The number of hydrogen-bond donors (Lipinski definition) is 1. The van der Waals surface area contributed by atoms with Crippen LogP contribution in [0.1, 0.15) is 64.7 Å². The van der Waals surface area contributed by atoms with Gasteiger partial charge in [0.05, 0.1) is 38.4 Å². The molecule has 5 aromatic rings. The van der Waals surface area contributed by atoms with Gasteiger partial charge in [-0.1, -0.05) is 94.4 Å². The highest BCUT2D eigenvalue weighted by molar-refractivity contribution is 6.18. The van der Waals surface area contributed by atoms with Crippen LogP contribution in [-0.4, -0.2) is 64.2 Å². The zero-order chi connectivity index (χ0) is 40.2.